The molecule has 0 heterocycles. The van der Waals surface area contributed by atoms with Crippen LogP contribution in [0.25, 0.3) is 0 Å². The molecule has 0 N–H and O–H groups in total. The molecule has 0 saturated heterocycles. The lowest BCUT2D eigenvalue weighted by Crippen LogP contribution is -2.30. The van der Waals surface area contributed by atoms with E-state index < -0.39 is 6.10 Å². The second kappa shape index (κ2) is 67.8. The molecule has 0 aliphatic carbocycles. The van der Waals surface area contributed by atoms with E-state index in [1.807, 2.05) is 0 Å². The van der Waals surface area contributed by atoms with Crippen LogP contribution in [-0.4, -0.2) is 37.2 Å². The highest BCUT2D eigenvalue weighted by Gasteiger charge is 2.19. The van der Waals surface area contributed by atoms with Crippen molar-refractivity contribution in [1.82, 2.24) is 0 Å². The topological polar surface area (TPSA) is 78.9 Å². The van der Waals surface area contributed by atoms with Crippen LogP contribution in [0.4, 0.5) is 0 Å². The van der Waals surface area contributed by atoms with Gasteiger partial charge in [-0.25, -0.2) is 0 Å². The molecule has 0 radical (unpaired) electrons. The number of hydrogen-bond acceptors (Lipinski definition) is 6. The van der Waals surface area contributed by atoms with Crippen molar-refractivity contribution < 1.29 is 28.6 Å². The van der Waals surface area contributed by atoms with Crippen LogP contribution in [0.1, 0.15) is 290 Å². The number of ether oxygens (including phenoxy) is 3. The summed E-state index contributed by atoms with van der Waals surface area (Å²) in [6, 6.07) is 0. The Labute approximate surface area is 499 Å². The van der Waals surface area contributed by atoms with E-state index in [9.17, 15) is 14.4 Å². The summed E-state index contributed by atoms with van der Waals surface area (Å²) in [6.45, 7) is 6.35. The molecule has 1 unspecified atom stereocenters. The number of unbranched alkanes of at least 4 members (excludes halogenated alkanes) is 24. The smallest absolute Gasteiger partial charge is 0.306 e. The number of carbonyl (C=O) groups excluding carboxylic acids is 3. The van der Waals surface area contributed by atoms with E-state index in [-0.39, 0.29) is 31.1 Å². The van der Waals surface area contributed by atoms with Gasteiger partial charge in [-0.15, -0.1) is 0 Å². The highest BCUT2D eigenvalue weighted by molar-refractivity contribution is 5.71. The summed E-state index contributed by atoms with van der Waals surface area (Å²) in [5.41, 5.74) is 0. The minimum absolute atomic E-state index is 0.0954. The lowest BCUT2D eigenvalue weighted by molar-refractivity contribution is -0.167. The molecule has 0 spiro atoms. The van der Waals surface area contributed by atoms with Crippen molar-refractivity contribution in [3.05, 3.63) is 146 Å². The third-order valence-electron chi connectivity index (χ3n) is 13.8. The van der Waals surface area contributed by atoms with Crippen molar-refractivity contribution in [2.24, 2.45) is 0 Å². The zero-order chi connectivity index (χ0) is 58.5. The fraction of sp³-hybridized carbons (Fsp3) is 0.640. The van der Waals surface area contributed by atoms with Crippen LogP contribution in [0.2, 0.25) is 0 Å². The molecule has 6 nitrogen and oxygen atoms in total. The highest BCUT2D eigenvalue weighted by Crippen LogP contribution is 2.16. The largest absolute Gasteiger partial charge is 0.462 e. The van der Waals surface area contributed by atoms with Crippen LogP contribution >= 0.6 is 0 Å². The lowest BCUT2D eigenvalue weighted by Gasteiger charge is -2.18. The van der Waals surface area contributed by atoms with Gasteiger partial charge in [0.15, 0.2) is 6.10 Å². The van der Waals surface area contributed by atoms with Crippen molar-refractivity contribution in [2.45, 2.75) is 297 Å². The summed E-state index contributed by atoms with van der Waals surface area (Å²) in [6.07, 6.45) is 97.2. The first kappa shape index (κ1) is 76.3. The van der Waals surface area contributed by atoms with Gasteiger partial charge in [0.2, 0.25) is 0 Å². The van der Waals surface area contributed by atoms with Gasteiger partial charge in [0, 0.05) is 19.3 Å². The Morgan fingerprint density at radius 3 is 0.765 bits per heavy atom. The number of hydrogen-bond donors (Lipinski definition) is 0. The van der Waals surface area contributed by atoms with E-state index in [2.05, 4.69) is 167 Å². The van der Waals surface area contributed by atoms with Crippen molar-refractivity contribution in [3.8, 4) is 0 Å². The fourth-order valence-electron chi connectivity index (χ4n) is 8.87. The standard InChI is InChI=1S/C75H122O6/c1-4-7-10-13-16-19-22-24-26-28-30-32-34-35-36-37-38-39-41-42-44-46-48-50-53-56-59-62-65-68-74(77)80-71-72(70-79-73(76)67-64-61-58-55-52-21-18-15-12-9-6-3)81-75(78)69-66-63-60-57-54-51-49-47-45-43-40-33-31-29-27-25-23-20-17-14-11-8-5-2/h7-8,10-11,15-20,24-27,30-33,35-36,43,45,49,51,72H,4-6,9,12-14,21-23,28-29,34,37-42,44,46-48,50,52-71H2,1-3H3/b10-7-,11-8-,18-15-,19-16-,20-17-,26-24-,27-25-,32-30-,33-31-,36-35-,45-43-,51-49-. The van der Waals surface area contributed by atoms with Gasteiger partial charge in [-0.2, -0.15) is 0 Å². The predicted molar refractivity (Wildman–Crippen MR) is 352 cm³/mol. The first-order chi connectivity index (χ1) is 40.0. The molecule has 0 aromatic carbocycles. The van der Waals surface area contributed by atoms with Crippen LogP contribution in [0.3, 0.4) is 0 Å². The molecule has 6 heteroatoms. The molecular formula is C75H122O6. The van der Waals surface area contributed by atoms with Gasteiger partial charge in [0.05, 0.1) is 0 Å². The number of esters is 3. The summed E-state index contributed by atoms with van der Waals surface area (Å²) in [7, 11) is 0. The van der Waals surface area contributed by atoms with Crippen molar-refractivity contribution in [3.63, 3.8) is 0 Å². The Morgan fingerprint density at radius 2 is 0.481 bits per heavy atom. The summed E-state index contributed by atoms with van der Waals surface area (Å²) < 4.78 is 16.9. The lowest BCUT2D eigenvalue weighted by atomic mass is 10.0. The van der Waals surface area contributed by atoms with Crippen molar-refractivity contribution in [1.29, 1.82) is 0 Å². The molecule has 0 fully saturated rings. The molecule has 0 amide bonds. The van der Waals surface area contributed by atoms with Gasteiger partial charge >= 0.3 is 17.9 Å². The van der Waals surface area contributed by atoms with Gasteiger partial charge in [-0.3, -0.25) is 14.4 Å². The Bertz CT molecular complexity index is 1760. The van der Waals surface area contributed by atoms with Crippen LogP contribution < -0.4 is 0 Å². The van der Waals surface area contributed by atoms with Crippen LogP contribution in [0.5, 0.6) is 0 Å². The molecular weight excluding hydrogens is 997 g/mol. The van der Waals surface area contributed by atoms with Crippen molar-refractivity contribution >= 4 is 17.9 Å². The van der Waals surface area contributed by atoms with Crippen molar-refractivity contribution in [2.75, 3.05) is 13.2 Å². The summed E-state index contributed by atoms with van der Waals surface area (Å²) in [5, 5.41) is 0. The van der Waals surface area contributed by atoms with E-state index in [0.717, 1.165) is 154 Å². The Kier molecular flexibility index (Phi) is 63.9. The van der Waals surface area contributed by atoms with Gasteiger partial charge in [0.1, 0.15) is 13.2 Å². The average Bonchev–Trinajstić information content (AvgIpc) is 3.47. The maximum Gasteiger partial charge on any atom is 0.306 e. The monoisotopic (exact) mass is 1120 g/mol. The summed E-state index contributed by atoms with van der Waals surface area (Å²) in [4.78, 5) is 38.3. The predicted octanol–water partition coefficient (Wildman–Crippen LogP) is 23.1. The van der Waals surface area contributed by atoms with Crippen LogP contribution in [0.15, 0.2) is 146 Å². The second-order valence-corrected chi connectivity index (χ2v) is 21.6. The molecule has 1 atom stereocenters. The average molecular weight is 1120 g/mol. The second-order valence-electron chi connectivity index (χ2n) is 21.6. The molecule has 0 aliphatic rings. The number of allylic oxidation sites excluding steroid dienone is 24. The molecule has 0 aromatic rings. The Hall–Kier alpha value is -4.71. The fourth-order valence-corrected chi connectivity index (χ4v) is 8.87. The Morgan fingerprint density at radius 1 is 0.259 bits per heavy atom. The zero-order valence-corrected chi connectivity index (χ0v) is 52.5. The maximum atomic E-state index is 12.9. The first-order valence-electron chi connectivity index (χ1n) is 33.3. The quantitative estimate of drug-likeness (QED) is 0.0261. The van der Waals surface area contributed by atoms with E-state index in [1.54, 1.807) is 0 Å². The molecule has 0 rings (SSSR count). The molecule has 0 aliphatic heterocycles. The number of rotatable bonds is 59. The highest BCUT2D eigenvalue weighted by atomic mass is 16.6. The van der Waals surface area contributed by atoms with Crippen LogP contribution in [0, 0.1) is 0 Å². The normalized spacial score (nSPS) is 13.1. The van der Waals surface area contributed by atoms with E-state index in [1.165, 1.54) is 96.3 Å². The third kappa shape index (κ3) is 66.0. The van der Waals surface area contributed by atoms with E-state index >= 15 is 0 Å². The van der Waals surface area contributed by atoms with Crippen LogP contribution in [-0.2, 0) is 28.6 Å². The Balaban J connectivity index is 4.31. The minimum atomic E-state index is -0.802. The molecule has 81 heavy (non-hydrogen) atoms. The SMILES string of the molecule is CC/C=C\C/C=C\C/C=C\C/C=C\C/C=C\C/C=C\CCCCCCC(=O)OC(COC(=O)CCCCCCC/C=C\CCCC)COC(=O)CCCCCCCCCCCCCCC/C=C\C/C=C\C/C=C\C/C=C\C/C=C\CC. The maximum absolute atomic E-state index is 12.9. The van der Waals surface area contributed by atoms with Gasteiger partial charge < -0.3 is 14.2 Å². The van der Waals surface area contributed by atoms with E-state index in [0.29, 0.717) is 19.3 Å². The molecule has 0 saturated carbocycles. The summed E-state index contributed by atoms with van der Waals surface area (Å²) in [5.74, 6) is -0.930. The minimum Gasteiger partial charge on any atom is -0.462 e. The molecule has 458 valence electrons. The molecule has 0 aromatic heterocycles. The molecule has 0 bridgehead atoms. The van der Waals surface area contributed by atoms with Gasteiger partial charge in [-0.1, -0.05) is 282 Å². The van der Waals surface area contributed by atoms with Gasteiger partial charge in [-0.05, 0) is 135 Å². The first-order valence-corrected chi connectivity index (χ1v) is 33.3. The van der Waals surface area contributed by atoms with Gasteiger partial charge in [0.25, 0.3) is 0 Å². The number of carbonyl (C=O) groups is 3. The third-order valence-corrected chi connectivity index (χ3v) is 13.8. The zero-order valence-electron chi connectivity index (χ0n) is 52.5. The summed E-state index contributed by atoms with van der Waals surface area (Å²) >= 11 is 0. The van der Waals surface area contributed by atoms with E-state index in [4.69, 9.17) is 14.2 Å².